The monoisotopic (exact) mass is 331 g/mol. The third-order valence-electron chi connectivity index (χ3n) is 4.03. The van der Waals surface area contributed by atoms with Crippen LogP contribution in [0.5, 0.6) is 0 Å². The van der Waals surface area contributed by atoms with Gasteiger partial charge in [0.25, 0.3) is 0 Å². The minimum atomic E-state index is -1.77. The summed E-state index contributed by atoms with van der Waals surface area (Å²) in [7, 11) is 0. The topological polar surface area (TPSA) is 80.7 Å². The number of likely N-dealkylation sites (tertiary alicyclic amines) is 1. The van der Waals surface area contributed by atoms with E-state index in [1.807, 2.05) is 0 Å². The van der Waals surface area contributed by atoms with Crippen LogP contribution in [0.1, 0.15) is 12.0 Å². The van der Waals surface area contributed by atoms with Gasteiger partial charge in [-0.05, 0) is 29.7 Å². The van der Waals surface area contributed by atoms with Crippen LogP contribution in [0.3, 0.4) is 0 Å². The maximum atomic E-state index is 13.5. The van der Waals surface area contributed by atoms with Crippen LogP contribution >= 0.6 is 0 Å². The van der Waals surface area contributed by atoms with E-state index >= 15 is 0 Å². The number of hydrogen-bond donors (Lipinski definition) is 1. The molecule has 1 aromatic rings. The van der Waals surface area contributed by atoms with E-state index in [-0.39, 0.29) is 18.7 Å². The zero-order chi connectivity index (χ0) is 16.5. The van der Waals surface area contributed by atoms with Crippen LogP contribution in [0.25, 0.3) is 0 Å². The first kappa shape index (κ1) is 16.7. The number of carboxylic acid groups (broad SMARTS) is 1. The molecule has 5 nitrogen and oxygen atoms in total. The van der Waals surface area contributed by atoms with Gasteiger partial charge in [-0.2, -0.15) is 0 Å². The maximum absolute atomic E-state index is 13.5. The van der Waals surface area contributed by atoms with Gasteiger partial charge < -0.3 is 14.6 Å². The molecule has 1 fully saturated rings. The first-order valence-electron chi connectivity index (χ1n) is 6.55. The molecule has 0 radical (unpaired) electrons. The van der Waals surface area contributed by atoms with E-state index in [1.165, 1.54) is 6.26 Å². The molecule has 1 N–H and O–H groups in total. The standard InChI is InChI=1S/C14H15F2NO4S/c1-22(21)14(8-18,9-2-3-17(7-9)13(19)20)10-4-11(15)6-12(16)5-10/h4-6,8-9H,2-3,7H2,1H3,(H,19,20)/t9-,14?,22?/m0/s1. The van der Waals surface area contributed by atoms with Crippen LogP contribution < -0.4 is 0 Å². The van der Waals surface area contributed by atoms with Gasteiger partial charge in [-0.1, -0.05) is 0 Å². The Bertz CT molecular complexity index is 578. The highest BCUT2D eigenvalue weighted by Gasteiger charge is 2.52. The zero-order valence-electron chi connectivity index (χ0n) is 11.8. The number of rotatable bonds is 4. The Morgan fingerprint density at radius 1 is 1.45 bits per heavy atom. The number of nitrogens with zero attached hydrogens (tertiary/aromatic N) is 1. The van der Waals surface area contributed by atoms with Gasteiger partial charge in [-0.3, -0.25) is 4.79 Å². The molecule has 0 aliphatic carbocycles. The fraction of sp³-hybridized carbons (Fsp3) is 0.429. The van der Waals surface area contributed by atoms with Gasteiger partial charge in [0.2, 0.25) is 4.75 Å². The fourth-order valence-corrected chi connectivity index (χ4v) is 4.18. The van der Waals surface area contributed by atoms with E-state index in [1.54, 1.807) is 0 Å². The Hall–Kier alpha value is -1.67. The number of carbonyl (C=O) groups excluding carboxylic acids is 1. The maximum Gasteiger partial charge on any atom is 0.407 e. The summed E-state index contributed by atoms with van der Waals surface area (Å²) in [6.07, 6.45) is 0.853. The van der Waals surface area contributed by atoms with Gasteiger partial charge in [0, 0.05) is 30.6 Å². The molecule has 0 saturated carbocycles. The highest BCUT2D eigenvalue weighted by atomic mass is 32.2. The first-order valence-corrected chi connectivity index (χ1v) is 8.11. The number of benzene rings is 1. The molecule has 22 heavy (non-hydrogen) atoms. The molecule has 0 spiro atoms. The average Bonchev–Trinajstić information content (AvgIpc) is 2.89. The molecule has 0 bridgehead atoms. The number of hydrogen-bond acceptors (Lipinski definition) is 3. The zero-order valence-corrected chi connectivity index (χ0v) is 12.6. The Balaban J connectivity index is 2.49. The number of amides is 1. The summed E-state index contributed by atoms with van der Waals surface area (Å²) >= 11 is -1.77. The molecule has 8 heteroatoms. The van der Waals surface area contributed by atoms with Crippen LogP contribution in [0.15, 0.2) is 18.2 Å². The predicted octanol–water partition coefficient (Wildman–Crippen LogP) is 1.74. The molecule has 1 saturated heterocycles. The SMILES string of the molecule is C[S+]([O-])C(C=O)(c1cc(F)cc(F)c1)[C@H]1CCN(C(=O)O)C1. The Morgan fingerprint density at radius 2 is 2.05 bits per heavy atom. The van der Waals surface area contributed by atoms with E-state index in [9.17, 15) is 22.9 Å². The van der Waals surface area contributed by atoms with E-state index in [2.05, 4.69) is 0 Å². The predicted molar refractivity (Wildman–Crippen MR) is 75.9 cm³/mol. The van der Waals surface area contributed by atoms with Crippen LogP contribution in [-0.4, -0.2) is 46.3 Å². The van der Waals surface area contributed by atoms with Gasteiger partial charge in [0.1, 0.15) is 11.6 Å². The molecule has 1 heterocycles. The van der Waals surface area contributed by atoms with E-state index in [4.69, 9.17) is 5.11 Å². The molecule has 0 aromatic heterocycles. The molecule has 1 aromatic carbocycles. The molecule has 120 valence electrons. The van der Waals surface area contributed by atoms with Crippen molar-refractivity contribution in [1.82, 2.24) is 4.90 Å². The summed E-state index contributed by atoms with van der Waals surface area (Å²) in [6, 6.07) is 2.61. The van der Waals surface area contributed by atoms with Crippen molar-refractivity contribution >= 4 is 23.6 Å². The molecule has 2 rings (SSSR count). The lowest BCUT2D eigenvalue weighted by atomic mass is 9.85. The lowest BCUT2D eigenvalue weighted by Crippen LogP contribution is -2.45. The Labute approximate surface area is 129 Å². The molecule has 3 atom stereocenters. The van der Waals surface area contributed by atoms with Crippen molar-refractivity contribution in [2.24, 2.45) is 5.92 Å². The van der Waals surface area contributed by atoms with Crippen molar-refractivity contribution in [3.05, 3.63) is 35.4 Å². The number of carbonyl (C=O) groups is 2. The second kappa shape index (κ2) is 6.21. The number of halogens is 2. The van der Waals surface area contributed by atoms with Crippen LogP contribution in [0.2, 0.25) is 0 Å². The van der Waals surface area contributed by atoms with Gasteiger partial charge in [0.15, 0.2) is 6.29 Å². The fourth-order valence-electron chi connectivity index (χ4n) is 2.93. The summed E-state index contributed by atoms with van der Waals surface area (Å²) in [4.78, 5) is 23.9. The van der Waals surface area contributed by atoms with Gasteiger partial charge in [-0.25, -0.2) is 13.6 Å². The summed E-state index contributed by atoms with van der Waals surface area (Å²) in [5.41, 5.74) is -0.0296. The quantitative estimate of drug-likeness (QED) is 0.673. The van der Waals surface area contributed by atoms with E-state index < -0.39 is 39.6 Å². The highest BCUT2D eigenvalue weighted by Crippen LogP contribution is 2.41. The van der Waals surface area contributed by atoms with Crippen molar-refractivity contribution < 1.29 is 28.0 Å². The largest absolute Gasteiger partial charge is 0.616 e. The smallest absolute Gasteiger partial charge is 0.407 e. The van der Waals surface area contributed by atoms with E-state index in [0.717, 1.165) is 17.0 Å². The van der Waals surface area contributed by atoms with Crippen LogP contribution in [-0.2, 0) is 20.7 Å². The minimum Gasteiger partial charge on any atom is -0.616 e. The van der Waals surface area contributed by atoms with Crippen LogP contribution in [0.4, 0.5) is 13.6 Å². The van der Waals surface area contributed by atoms with Crippen molar-refractivity contribution in [2.45, 2.75) is 11.2 Å². The first-order chi connectivity index (χ1) is 10.3. The van der Waals surface area contributed by atoms with Crippen molar-refractivity contribution in [3.63, 3.8) is 0 Å². The molecular weight excluding hydrogens is 316 g/mol. The van der Waals surface area contributed by atoms with Crippen LogP contribution in [0, 0.1) is 17.6 Å². The molecule has 2 unspecified atom stereocenters. The van der Waals surface area contributed by atoms with Gasteiger partial charge in [0.05, 0.1) is 6.26 Å². The van der Waals surface area contributed by atoms with Gasteiger partial charge >= 0.3 is 6.09 Å². The lowest BCUT2D eigenvalue weighted by Gasteiger charge is -2.34. The summed E-state index contributed by atoms with van der Waals surface area (Å²) in [6.45, 7) is 0.177. The van der Waals surface area contributed by atoms with Crippen molar-refractivity contribution in [2.75, 3.05) is 19.3 Å². The minimum absolute atomic E-state index is 0.00815. The van der Waals surface area contributed by atoms with Gasteiger partial charge in [-0.15, -0.1) is 0 Å². The second-order valence-electron chi connectivity index (χ2n) is 5.24. The normalized spacial score (nSPS) is 22.2. The van der Waals surface area contributed by atoms with Crippen molar-refractivity contribution in [3.8, 4) is 0 Å². The molecular formula is C14H15F2NO4S. The summed E-state index contributed by atoms with van der Waals surface area (Å²) in [5, 5.41) is 9.01. The molecule has 1 aliphatic rings. The Kier molecular flexibility index (Phi) is 4.72. The highest BCUT2D eigenvalue weighted by molar-refractivity contribution is 7.92. The third-order valence-corrected chi connectivity index (χ3v) is 5.65. The molecule has 1 amide bonds. The summed E-state index contributed by atoms with van der Waals surface area (Å²) in [5.74, 6) is -2.35. The lowest BCUT2D eigenvalue weighted by molar-refractivity contribution is -0.111. The third kappa shape index (κ3) is 2.80. The van der Waals surface area contributed by atoms with E-state index in [0.29, 0.717) is 18.8 Å². The second-order valence-corrected chi connectivity index (χ2v) is 6.82. The van der Waals surface area contributed by atoms with Crippen molar-refractivity contribution in [1.29, 1.82) is 0 Å². The average molecular weight is 331 g/mol. The number of aldehydes is 1. The molecule has 1 aliphatic heterocycles. The Morgan fingerprint density at radius 3 is 2.45 bits per heavy atom. The summed E-state index contributed by atoms with van der Waals surface area (Å²) < 4.78 is 37.6.